The molecular weight excluding hydrogens is 388 g/mol. The maximum Gasteiger partial charge on any atom is 0.438 e. The van der Waals surface area contributed by atoms with Gasteiger partial charge in [0.05, 0.1) is 10.0 Å². The maximum atomic E-state index is 13.2. The van der Waals surface area contributed by atoms with Crippen LogP contribution >= 0.6 is 34.5 Å². The number of nitrogens with zero attached hydrogens (tertiary/aromatic N) is 2. The monoisotopic (exact) mass is 396 g/mol. The molecule has 3 rings (SSSR count). The molecule has 0 fully saturated rings. The summed E-state index contributed by atoms with van der Waals surface area (Å²) in [5.74, 6) is -1.13. The number of thiophene rings is 1. The highest BCUT2D eigenvalue weighted by atomic mass is 35.5. The number of aliphatic hydroxyl groups is 1. The maximum absolute atomic E-state index is 13.2. The van der Waals surface area contributed by atoms with Gasteiger partial charge in [0, 0.05) is 22.2 Å². The van der Waals surface area contributed by atoms with E-state index in [2.05, 4.69) is 5.10 Å². The smallest absolute Gasteiger partial charge is 0.362 e. The molecular formula is C14H9Cl2F3N2O2S. The van der Waals surface area contributed by atoms with Crippen molar-refractivity contribution in [1.29, 1.82) is 0 Å². The van der Waals surface area contributed by atoms with Crippen LogP contribution in [-0.2, 0) is 0 Å². The van der Waals surface area contributed by atoms with Crippen molar-refractivity contribution in [3.63, 3.8) is 0 Å². The molecule has 0 saturated heterocycles. The summed E-state index contributed by atoms with van der Waals surface area (Å²) in [5, 5.41) is 14.2. The predicted molar refractivity (Wildman–Crippen MR) is 86.7 cm³/mol. The van der Waals surface area contributed by atoms with E-state index in [0.29, 0.717) is 10.1 Å². The van der Waals surface area contributed by atoms with Crippen molar-refractivity contribution in [2.45, 2.75) is 25.2 Å². The summed E-state index contributed by atoms with van der Waals surface area (Å²) in [5.41, 5.74) is -3.41. The Kier molecular flexibility index (Phi) is 4.07. The molecule has 0 spiro atoms. The number of alkyl halides is 3. The molecule has 128 valence electrons. The fourth-order valence-electron chi connectivity index (χ4n) is 2.46. The lowest BCUT2D eigenvalue weighted by atomic mass is 10.1. The van der Waals surface area contributed by atoms with Crippen molar-refractivity contribution in [2.24, 2.45) is 5.10 Å². The van der Waals surface area contributed by atoms with E-state index in [4.69, 9.17) is 23.2 Å². The highest BCUT2D eigenvalue weighted by Gasteiger charge is 2.63. The molecule has 1 amide bonds. The third-order valence-electron chi connectivity index (χ3n) is 3.57. The molecule has 1 aliphatic rings. The fraction of sp³-hybridized carbons (Fsp3) is 0.286. The van der Waals surface area contributed by atoms with Crippen LogP contribution in [-0.4, -0.2) is 33.6 Å². The van der Waals surface area contributed by atoms with Gasteiger partial charge in [-0.05, 0) is 19.1 Å². The van der Waals surface area contributed by atoms with Gasteiger partial charge < -0.3 is 5.11 Å². The van der Waals surface area contributed by atoms with Crippen LogP contribution < -0.4 is 0 Å². The molecule has 2 heterocycles. The van der Waals surface area contributed by atoms with Crippen LogP contribution in [0.4, 0.5) is 13.2 Å². The lowest BCUT2D eigenvalue weighted by Crippen LogP contribution is -2.56. The Hall–Kier alpha value is -1.35. The molecule has 24 heavy (non-hydrogen) atoms. The number of carbonyl (C=O) groups is 1. The van der Waals surface area contributed by atoms with Gasteiger partial charge >= 0.3 is 6.18 Å². The first kappa shape index (κ1) is 17.5. The molecule has 0 aliphatic carbocycles. The summed E-state index contributed by atoms with van der Waals surface area (Å²) >= 11 is 13.1. The number of halogens is 5. The molecule has 0 unspecified atom stereocenters. The summed E-state index contributed by atoms with van der Waals surface area (Å²) in [4.78, 5) is 12.4. The van der Waals surface area contributed by atoms with Gasteiger partial charge in [-0.3, -0.25) is 4.79 Å². The highest BCUT2D eigenvalue weighted by Crippen LogP contribution is 2.44. The van der Waals surface area contributed by atoms with Crippen LogP contribution in [0.1, 0.15) is 23.0 Å². The molecule has 10 heteroatoms. The van der Waals surface area contributed by atoms with E-state index in [1.54, 1.807) is 18.2 Å². The number of fused-ring (bicyclic) bond motifs is 1. The molecule has 1 N–H and O–H groups in total. The number of rotatable bonds is 1. The van der Waals surface area contributed by atoms with Gasteiger partial charge in [-0.1, -0.05) is 29.3 Å². The van der Waals surface area contributed by atoms with Crippen molar-refractivity contribution in [3.8, 4) is 0 Å². The number of hydrogen-bond acceptors (Lipinski definition) is 4. The second-order valence-corrected chi connectivity index (χ2v) is 7.14. The average molecular weight is 397 g/mol. The zero-order valence-corrected chi connectivity index (χ0v) is 14.3. The van der Waals surface area contributed by atoms with Gasteiger partial charge in [0.25, 0.3) is 11.6 Å². The zero-order chi connectivity index (χ0) is 17.9. The molecule has 0 saturated carbocycles. The first-order chi connectivity index (χ1) is 11.1. The largest absolute Gasteiger partial charge is 0.438 e. The van der Waals surface area contributed by atoms with Crippen LogP contribution in [0, 0.1) is 0 Å². The molecule has 1 aromatic heterocycles. The first-order valence-electron chi connectivity index (χ1n) is 6.60. The SMILES string of the molecule is CC1=NN(C(=O)c2sc3cccc(Cl)c3c2Cl)[C@](O)(C(F)(F)F)C1. The molecule has 1 atom stereocenters. The summed E-state index contributed by atoms with van der Waals surface area (Å²) in [7, 11) is 0. The fourth-order valence-corrected chi connectivity index (χ4v) is 4.33. The summed E-state index contributed by atoms with van der Waals surface area (Å²) < 4.78 is 40.3. The van der Waals surface area contributed by atoms with Gasteiger partial charge in [0.1, 0.15) is 4.88 Å². The minimum absolute atomic E-state index is 0.0153. The Labute approximate surface area is 148 Å². The van der Waals surface area contributed by atoms with E-state index in [1.807, 2.05) is 0 Å². The van der Waals surface area contributed by atoms with Crippen molar-refractivity contribution in [1.82, 2.24) is 5.01 Å². The normalized spacial score (nSPS) is 21.5. The van der Waals surface area contributed by atoms with Gasteiger partial charge in [0.2, 0.25) is 0 Å². The third-order valence-corrected chi connectivity index (χ3v) is 5.52. The Morgan fingerprint density at radius 2 is 2.08 bits per heavy atom. The second-order valence-electron chi connectivity index (χ2n) is 5.30. The minimum atomic E-state index is -5.06. The Morgan fingerprint density at radius 1 is 1.42 bits per heavy atom. The third kappa shape index (κ3) is 2.48. The van der Waals surface area contributed by atoms with Crippen molar-refractivity contribution in [3.05, 3.63) is 33.1 Å². The highest BCUT2D eigenvalue weighted by molar-refractivity contribution is 7.21. The Bertz CT molecular complexity index is 881. The molecule has 2 aromatic rings. The lowest BCUT2D eigenvalue weighted by Gasteiger charge is -2.32. The lowest BCUT2D eigenvalue weighted by molar-refractivity contribution is -0.297. The molecule has 1 aliphatic heterocycles. The van der Waals surface area contributed by atoms with Crippen LogP contribution in [0.5, 0.6) is 0 Å². The van der Waals surface area contributed by atoms with E-state index in [9.17, 15) is 23.1 Å². The van der Waals surface area contributed by atoms with E-state index in [0.717, 1.165) is 11.3 Å². The number of carbonyl (C=O) groups excluding carboxylic acids is 1. The van der Waals surface area contributed by atoms with Crippen LogP contribution in [0.15, 0.2) is 23.3 Å². The summed E-state index contributed by atoms with van der Waals surface area (Å²) in [6.07, 6.45) is -5.88. The van der Waals surface area contributed by atoms with E-state index >= 15 is 0 Å². The van der Waals surface area contributed by atoms with Crippen LogP contribution in [0.2, 0.25) is 10.0 Å². The minimum Gasteiger partial charge on any atom is -0.362 e. The van der Waals surface area contributed by atoms with Gasteiger partial charge in [-0.2, -0.15) is 23.3 Å². The number of hydrogen-bond donors (Lipinski definition) is 1. The standard InChI is InChI=1S/C14H9Cl2F3N2O2S/c1-6-5-13(23,14(17,18)19)21(20-6)12(22)11-10(16)9-7(15)3-2-4-8(9)24-11/h2-4,23H,5H2,1H3/t13-/m1/s1. The van der Waals surface area contributed by atoms with E-state index in [-0.39, 0.29) is 25.6 Å². The molecule has 1 aromatic carbocycles. The molecule has 4 nitrogen and oxygen atoms in total. The van der Waals surface area contributed by atoms with Crippen molar-refractivity contribution in [2.75, 3.05) is 0 Å². The van der Waals surface area contributed by atoms with Gasteiger partial charge in [-0.25, -0.2) is 0 Å². The van der Waals surface area contributed by atoms with Gasteiger partial charge in [0.15, 0.2) is 0 Å². The number of hydrazone groups is 1. The van der Waals surface area contributed by atoms with Crippen LogP contribution in [0.25, 0.3) is 10.1 Å². The van der Waals surface area contributed by atoms with Crippen LogP contribution in [0.3, 0.4) is 0 Å². The van der Waals surface area contributed by atoms with E-state index in [1.165, 1.54) is 6.92 Å². The van der Waals surface area contributed by atoms with E-state index < -0.39 is 24.2 Å². The van der Waals surface area contributed by atoms with Crippen molar-refractivity contribution < 1.29 is 23.1 Å². The predicted octanol–water partition coefficient (Wildman–Crippen LogP) is 4.68. The second kappa shape index (κ2) is 5.59. The zero-order valence-electron chi connectivity index (χ0n) is 12.0. The van der Waals surface area contributed by atoms with Crippen molar-refractivity contribution >= 4 is 56.2 Å². The first-order valence-corrected chi connectivity index (χ1v) is 8.18. The van der Waals surface area contributed by atoms with Gasteiger partial charge in [-0.15, -0.1) is 11.3 Å². The quantitative estimate of drug-likeness (QED) is 0.760. The Balaban J connectivity index is 2.12. The number of benzene rings is 1. The summed E-state index contributed by atoms with van der Waals surface area (Å²) in [6.45, 7) is 1.30. The topological polar surface area (TPSA) is 52.9 Å². The molecule has 0 radical (unpaired) electrons. The number of amides is 1. The Morgan fingerprint density at radius 3 is 2.67 bits per heavy atom. The molecule has 0 bridgehead atoms. The summed E-state index contributed by atoms with van der Waals surface area (Å²) in [6, 6.07) is 4.83. The average Bonchev–Trinajstić information content (AvgIpc) is 2.97.